The van der Waals surface area contributed by atoms with E-state index in [1.165, 1.54) is 22.0 Å². The molecule has 154 valence electrons. The minimum atomic E-state index is -1.82. The van der Waals surface area contributed by atoms with Gasteiger partial charge in [-0.1, -0.05) is 24.3 Å². The molecule has 0 aliphatic carbocycles. The normalized spacial score (nSPS) is 10.1. The van der Waals surface area contributed by atoms with Gasteiger partial charge in [0.15, 0.2) is 11.5 Å². The van der Waals surface area contributed by atoms with Crippen LogP contribution in [-0.2, 0) is 22.6 Å². The van der Waals surface area contributed by atoms with Crippen molar-refractivity contribution in [3.05, 3.63) is 59.8 Å². The average Bonchev–Trinajstić information content (AvgIpc) is 3.14. The predicted molar refractivity (Wildman–Crippen MR) is 109 cm³/mol. The summed E-state index contributed by atoms with van der Waals surface area (Å²) in [6.45, 7) is 1.77. The van der Waals surface area contributed by atoms with Crippen LogP contribution in [0.4, 0.5) is 0 Å². The minimum Gasteiger partial charge on any atom is -0.493 e. The van der Waals surface area contributed by atoms with Crippen molar-refractivity contribution >= 4 is 22.8 Å². The molecule has 4 N–H and O–H groups in total. The van der Waals surface area contributed by atoms with Gasteiger partial charge in [0.05, 0.1) is 14.2 Å². The second kappa shape index (κ2) is 10.7. The molecule has 0 unspecified atom stereocenters. The number of benzene rings is 2. The zero-order valence-corrected chi connectivity index (χ0v) is 16.3. The zero-order valence-electron chi connectivity index (χ0n) is 16.3. The number of carbonyl (C=O) groups is 2. The molecule has 0 aliphatic rings. The molecule has 0 bridgehead atoms. The maximum absolute atomic E-state index is 9.10. The van der Waals surface area contributed by atoms with Gasteiger partial charge in [0, 0.05) is 23.6 Å². The van der Waals surface area contributed by atoms with E-state index in [9.17, 15) is 0 Å². The van der Waals surface area contributed by atoms with Crippen LogP contribution in [-0.4, -0.2) is 47.9 Å². The summed E-state index contributed by atoms with van der Waals surface area (Å²) in [5.41, 5.74) is 3.71. The number of rotatable bonds is 7. The largest absolute Gasteiger partial charge is 0.493 e. The van der Waals surface area contributed by atoms with E-state index in [2.05, 4.69) is 40.8 Å². The van der Waals surface area contributed by atoms with E-state index in [0.717, 1.165) is 31.0 Å². The highest BCUT2D eigenvalue weighted by molar-refractivity contribution is 6.27. The van der Waals surface area contributed by atoms with Gasteiger partial charge in [0.2, 0.25) is 0 Å². The Labute approximate surface area is 168 Å². The number of aliphatic carboxylic acids is 2. The maximum atomic E-state index is 9.10. The lowest BCUT2D eigenvalue weighted by Crippen LogP contribution is -2.16. The van der Waals surface area contributed by atoms with Crippen molar-refractivity contribution in [3.63, 3.8) is 0 Å². The molecule has 0 fully saturated rings. The van der Waals surface area contributed by atoms with Gasteiger partial charge < -0.3 is 30.0 Å². The van der Waals surface area contributed by atoms with E-state index >= 15 is 0 Å². The number of aromatic amines is 1. The molecule has 0 amide bonds. The fourth-order valence-electron chi connectivity index (χ4n) is 2.77. The van der Waals surface area contributed by atoms with Gasteiger partial charge in [-0.25, -0.2) is 9.59 Å². The highest BCUT2D eigenvalue weighted by Gasteiger charge is 2.05. The SMILES string of the molecule is COc1ccc(CCNCc2c[nH]c3ccccc23)cc1OC.O=C(O)C(=O)O. The molecular formula is C21H24N2O6. The van der Waals surface area contributed by atoms with E-state index < -0.39 is 11.9 Å². The number of hydrogen-bond donors (Lipinski definition) is 4. The summed E-state index contributed by atoms with van der Waals surface area (Å²) in [7, 11) is 3.32. The van der Waals surface area contributed by atoms with Crippen LogP contribution in [0.1, 0.15) is 11.1 Å². The molecule has 0 aliphatic heterocycles. The number of aromatic nitrogens is 1. The highest BCUT2D eigenvalue weighted by atomic mass is 16.5. The molecule has 0 spiro atoms. The third-order valence-corrected chi connectivity index (χ3v) is 4.21. The first kappa shape index (κ1) is 21.8. The number of carboxylic acids is 2. The molecule has 0 atom stereocenters. The molecule has 8 heteroatoms. The van der Waals surface area contributed by atoms with Crippen molar-refractivity contribution in [2.75, 3.05) is 20.8 Å². The molecule has 0 saturated heterocycles. The number of fused-ring (bicyclic) bond motifs is 1. The van der Waals surface area contributed by atoms with Crippen molar-refractivity contribution in [2.45, 2.75) is 13.0 Å². The van der Waals surface area contributed by atoms with E-state index in [0.29, 0.717) is 0 Å². The first-order chi connectivity index (χ1) is 14.0. The van der Waals surface area contributed by atoms with E-state index in [-0.39, 0.29) is 0 Å². The third kappa shape index (κ3) is 6.25. The van der Waals surface area contributed by atoms with Crippen LogP contribution < -0.4 is 14.8 Å². The summed E-state index contributed by atoms with van der Waals surface area (Å²) < 4.78 is 10.6. The number of nitrogens with one attached hydrogen (secondary N) is 2. The molecule has 1 heterocycles. The number of ether oxygens (including phenoxy) is 2. The van der Waals surface area contributed by atoms with Gasteiger partial charge in [-0.3, -0.25) is 0 Å². The van der Waals surface area contributed by atoms with E-state index in [4.69, 9.17) is 29.3 Å². The molecule has 0 radical (unpaired) electrons. The second-order valence-electron chi connectivity index (χ2n) is 6.09. The van der Waals surface area contributed by atoms with Crippen LogP contribution in [0, 0.1) is 0 Å². The lowest BCUT2D eigenvalue weighted by molar-refractivity contribution is -0.159. The number of H-pyrrole nitrogens is 1. The van der Waals surface area contributed by atoms with Crippen LogP contribution in [0.3, 0.4) is 0 Å². The van der Waals surface area contributed by atoms with Crippen molar-refractivity contribution in [3.8, 4) is 11.5 Å². The Hall–Kier alpha value is -3.52. The third-order valence-electron chi connectivity index (χ3n) is 4.21. The van der Waals surface area contributed by atoms with Crippen molar-refractivity contribution in [2.24, 2.45) is 0 Å². The van der Waals surface area contributed by atoms with Crippen molar-refractivity contribution < 1.29 is 29.3 Å². The van der Waals surface area contributed by atoms with Crippen LogP contribution in [0.15, 0.2) is 48.7 Å². The molecular weight excluding hydrogens is 376 g/mol. The summed E-state index contributed by atoms with van der Waals surface area (Å²) in [4.78, 5) is 21.5. The van der Waals surface area contributed by atoms with Crippen LogP contribution in [0.2, 0.25) is 0 Å². The first-order valence-electron chi connectivity index (χ1n) is 8.89. The van der Waals surface area contributed by atoms with Gasteiger partial charge in [0.1, 0.15) is 0 Å². The van der Waals surface area contributed by atoms with Crippen LogP contribution in [0.5, 0.6) is 11.5 Å². The Morgan fingerprint density at radius 2 is 1.69 bits per heavy atom. The summed E-state index contributed by atoms with van der Waals surface area (Å²) in [5, 5.41) is 19.6. The van der Waals surface area contributed by atoms with Gasteiger partial charge in [0.25, 0.3) is 0 Å². The summed E-state index contributed by atoms with van der Waals surface area (Å²) >= 11 is 0. The smallest absolute Gasteiger partial charge is 0.414 e. The lowest BCUT2D eigenvalue weighted by Gasteiger charge is -2.10. The van der Waals surface area contributed by atoms with Gasteiger partial charge in [-0.15, -0.1) is 0 Å². The number of carboxylic acid groups (broad SMARTS) is 2. The quantitative estimate of drug-likeness (QED) is 0.355. The number of methoxy groups -OCH3 is 2. The Morgan fingerprint density at radius 1 is 1.00 bits per heavy atom. The molecule has 29 heavy (non-hydrogen) atoms. The molecule has 2 aromatic carbocycles. The summed E-state index contributed by atoms with van der Waals surface area (Å²) in [6.07, 6.45) is 3.02. The van der Waals surface area contributed by atoms with Crippen molar-refractivity contribution in [1.29, 1.82) is 0 Å². The first-order valence-corrected chi connectivity index (χ1v) is 8.89. The highest BCUT2D eigenvalue weighted by Crippen LogP contribution is 2.27. The molecule has 1 aromatic heterocycles. The van der Waals surface area contributed by atoms with Gasteiger partial charge >= 0.3 is 11.9 Å². The van der Waals surface area contributed by atoms with Crippen LogP contribution in [0.25, 0.3) is 10.9 Å². The van der Waals surface area contributed by atoms with Gasteiger partial charge in [-0.2, -0.15) is 0 Å². The topological polar surface area (TPSA) is 121 Å². The van der Waals surface area contributed by atoms with E-state index in [1.54, 1.807) is 14.2 Å². The fourth-order valence-corrected chi connectivity index (χ4v) is 2.77. The lowest BCUT2D eigenvalue weighted by atomic mass is 10.1. The van der Waals surface area contributed by atoms with Crippen LogP contribution >= 0.6 is 0 Å². The molecule has 8 nitrogen and oxygen atoms in total. The Kier molecular flexibility index (Phi) is 8.05. The average molecular weight is 400 g/mol. The Morgan fingerprint density at radius 3 is 2.34 bits per heavy atom. The summed E-state index contributed by atoms with van der Waals surface area (Å²) in [6, 6.07) is 14.4. The Bertz CT molecular complexity index is 955. The molecule has 3 rings (SSSR count). The van der Waals surface area contributed by atoms with Crippen molar-refractivity contribution in [1.82, 2.24) is 10.3 Å². The fraction of sp³-hybridized carbons (Fsp3) is 0.238. The Balaban J connectivity index is 0.000000438. The predicted octanol–water partition coefficient (Wildman–Crippen LogP) is 2.67. The molecule has 3 aromatic rings. The zero-order chi connectivity index (χ0) is 21.2. The van der Waals surface area contributed by atoms with Gasteiger partial charge in [-0.05, 0) is 42.3 Å². The summed E-state index contributed by atoms with van der Waals surface area (Å²) in [5.74, 6) is -2.10. The standard InChI is InChI=1S/C19H22N2O2.C2H2O4/c1-22-18-8-7-14(11-19(18)23-2)9-10-20-12-15-13-21-17-6-4-3-5-16(15)17;3-1(4)2(5)6/h3-8,11,13,20-21H,9-10,12H2,1-2H3;(H,3,4)(H,5,6). The minimum absolute atomic E-state index is 0.767. The molecule has 0 saturated carbocycles. The maximum Gasteiger partial charge on any atom is 0.414 e. The monoisotopic (exact) mass is 400 g/mol. The van der Waals surface area contributed by atoms with E-state index in [1.807, 2.05) is 18.2 Å². The number of para-hydroxylation sites is 1. The number of hydrogen-bond acceptors (Lipinski definition) is 5. The second-order valence-corrected chi connectivity index (χ2v) is 6.09.